The summed E-state index contributed by atoms with van der Waals surface area (Å²) >= 11 is 4.74. The number of halogens is 1. The van der Waals surface area contributed by atoms with Gasteiger partial charge in [0.2, 0.25) is 0 Å². The second-order valence-electron chi connectivity index (χ2n) is 2.81. The molecule has 0 saturated carbocycles. The predicted molar refractivity (Wildman–Crippen MR) is 56.5 cm³/mol. The summed E-state index contributed by atoms with van der Waals surface area (Å²) in [6.45, 7) is 3.78. The van der Waals surface area contributed by atoms with E-state index in [1.54, 1.807) is 10.6 Å². The van der Waals surface area contributed by atoms with E-state index >= 15 is 0 Å². The first-order valence-electron chi connectivity index (χ1n) is 3.74. The second-order valence-corrected chi connectivity index (χ2v) is 4.82. The van der Waals surface area contributed by atoms with Gasteiger partial charge in [0.15, 0.2) is 4.96 Å². The summed E-state index contributed by atoms with van der Waals surface area (Å²) in [6, 6.07) is 0. The number of hydrogen-bond donors (Lipinski definition) is 0. The third-order valence-corrected chi connectivity index (χ3v) is 3.57. The maximum Gasteiger partial charge on any atom is 0.273 e. The third kappa shape index (κ3) is 1.32. The lowest BCUT2D eigenvalue weighted by atomic mass is 10.4. The van der Waals surface area contributed by atoms with Crippen LogP contribution in [-0.2, 0) is 0 Å². The van der Waals surface area contributed by atoms with Gasteiger partial charge in [-0.3, -0.25) is 9.20 Å². The molecule has 68 valence electrons. The van der Waals surface area contributed by atoms with E-state index in [-0.39, 0.29) is 5.56 Å². The van der Waals surface area contributed by atoms with Crippen molar-refractivity contribution in [3.63, 3.8) is 0 Å². The van der Waals surface area contributed by atoms with Crippen molar-refractivity contribution >= 4 is 32.2 Å². The molecule has 13 heavy (non-hydrogen) atoms. The van der Waals surface area contributed by atoms with Gasteiger partial charge in [0.05, 0.1) is 5.69 Å². The Balaban J connectivity index is 3.01. The Kier molecular flexibility index (Phi) is 2.00. The maximum absolute atomic E-state index is 11.6. The Labute approximate surface area is 87.2 Å². The quantitative estimate of drug-likeness (QED) is 0.726. The van der Waals surface area contributed by atoms with E-state index in [1.807, 2.05) is 13.8 Å². The van der Waals surface area contributed by atoms with Crippen LogP contribution in [0.3, 0.4) is 0 Å². The number of thiazole rings is 1. The molecule has 3 nitrogen and oxygen atoms in total. The van der Waals surface area contributed by atoms with Crippen molar-refractivity contribution in [2.75, 3.05) is 0 Å². The molecule has 5 heteroatoms. The van der Waals surface area contributed by atoms with Crippen LogP contribution in [0, 0.1) is 13.8 Å². The van der Waals surface area contributed by atoms with Crippen LogP contribution in [0.5, 0.6) is 0 Å². The van der Waals surface area contributed by atoms with Crippen LogP contribution in [0.25, 0.3) is 4.96 Å². The average molecular weight is 259 g/mol. The molecule has 2 aromatic rings. The molecule has 0 N–H and O–H groups in total. The van der Waals surface area contributed by atoms with Crippen molar-refractivity contribution < 1.29 is 0 Å². The molecule has 0 spiro atoms. The number of hydrogen-bond acceptors (Lipinski definition) is 3. The molecule has 0 aromatic carbocycles. The lowest BCUT2D eigenvalue weighted by Gasteiger charge is -1.96. The minimum absolute atomic E-state index is 0.0353. The topological polar surface area (TPSA) is 34.4 Å². The van der Waals surface area contributed by atoms with Crippen LogP contribution in [0.2, 0.25) is 0 Å². The van der Waals surface area contributed by atoms with Crippen molar-refractivity contribution in [2.45, 2.75) is 13.8 Å². The Bertz CT molecular complexity index is 529. The fourth-order valence-electron chi connectivity index (χ4n) is 1.13. The van der Waals surface area contributed by atoms with E-state index < -0.39 is 0 Å². The number of aryl methyl sites for hydroxylation is 2. The Morgan fingerprint density at radius 3 is 2.92 bits per heavy atom. The summed E-state index contributed by atoms with van der Waals surface area (Å²) in [6.07, 6.45) is 1.81. The molecule has 0 unspecified atom stereocenters. The van der Waals surface area contributed by atoms with E-state index in [2.05, 4.69) is 20.9 Å². The van der Waals surface area contributed by atoms with E-state index in [1.165, 1.54) is 11.3 Å². The van der Waals surface area contributed by atoms with Gasteiger partial charge >= 0.3 is 0 Å². The molecule has 0 aliphatic rings. The summed E-state index contributed by atoms with van der Waals surface area (Å²) < 4.78 is 2.11. The summed E-state index contributed by atoms with van der Waals surface area (Å²) in [4.78, 5) is 17.8. The van der Waals surface area contributed by atoms with Gasteiger partial charge in [0, 0.05) is 11.1 Å². The molecule has 0 bridgehead atoms. The van der Waals surface area contributed by atoms with Crippen molar-refractivity contribution in [3.8, 4) is 0 Å². The number of fused-ring (bicyclic) bond motifs is 1. The highest BCUT2D eigenvalue weighted by atomic mass is 79.9. The zero-order chi connectivity index (χ0) is 9.59. The number of aromatic nitrogens is 2. The van der Waals surface area contributed by atoms with Gasteiger partial charge in [0.1, 0.15) is 4.47 Å². The molecule has 0 amide bonds. The highest BCUT2D eigenvalue weighted by molar-refractivity contribution is 9.10. The number of nitrogens with zero attached hydrogens (tertiary/aromatic N) is 2. The fourth-order valence-corrected chi connectivity index (χ4v) is 2.27. The smallest absolute Gasteiger partial charge is 0.268 e. The molecule has 2 heterocycles. The minimum atomic E-state index is -0.0353. The fraction of sp³-hybridized carbons (Fsp3) is 0.250. The summed E-state index contributed by atoms with van der Waals surface area (Å²) in [7, 11) is 0. The largest absolute Gasteiger partial charge is 0.273 e. The lowest BCUT2D eigenvalue weighted by Crippen LogP contribution is -2.14. The summed E-state index contributed by atoms with van der Waals surface area (Å²) in [5.41, 5.74) is 0.707. The van der Waals surface area contributed by atoms with Crippen LogP contribution in [-0.4, -0.2) is 9.38 Å². The highest BCUT2D eigenvalue weighted by Gasteiger charge is 2.08. The zero-order valence-electron chi connectivity index (χ0n) is 7.17. The average Bonchev–Trinajstić information content (AvgIpc) is 2.42. The minimum Gasteiger partial charge on any atom is -0.268 e. The van der Waals surface area contributed by atoms with E-state index in [9.17, 15) is 4.79 Å². The first kappa shape index (κ1) is 8.90. The molecular formula is C8H7BrN2OS. The van der Waals surface area contributed by atoms with Crippen LogP contribution in [0.4, 0.5) is 0 Å². The SMILES string of the molecule is Cc1cn2c(=O)c(Br)c(C)nc2s1. The van der Waals surface area contributed by atoms with Crippen LogP contribution < -0.4 is 5.56 Å². The third-order valence-electron chi connectivity index (χ3n) is 1.76. The zero-order valence-corrected chi connectivity index (χ0v) is 9.57. The summed E-state index contributed by atoms with van der Waals surface area (Å²) in [5, 5.41) is 0. The van der Waals surface area contributed by atoms with Gasteiger partial charge in [-0.05, 0) is 29.8 Å². The van der Waals surface area contributed by atoms with Gasteiger partial charge in [-0.15, -0.1) is 11.3 Å². The monoisotopic (exact) mass is 258 g/mol. The van der Waals surface area contributed by atoms with Gasteiger partial charge in [0.25, 0.3) is 5.56 Å². The molecule has 0 aliphatic heterocycles. The molecule has 0 radical (unpaired) electrons. The standard InChI is InChI=1S/C8H7BrN2OS/c1-4-3-11-7(12)6(9)5(2)10-8(11)13-4/h3H,1-2H3. The van der Waals surface area contributed by atoms with Gasteiger partial charge in [-0.2, -0.15) is 0 Å². The molecule has 2 rings (SSSR count). The van der Waals surface area contributed by atoms with Crippen LogP contribution in [0.15, 0.2) is 15.5 Å². The Morgan fingerprint density at radius 2 is 2.23 bits per heavy atom. The predicted octanol–water partition coefficient (Wildman–Crippen LogP) is 2.14. The van der Waals surface area contributed by atoms with E-state index in [0.717, 1.165) is 15.5 Å². The molecule has 2 aromatic heterocycles. The molecule has 0 fully saturated rings. The van der Waals surface area contributed by atoms with Gasteiger partial charge < -0.3 is 0 Å². The first-order valence-corrected chi connectivity index (χ1v) is 5.35. The van der Waals surface area contributed by atoms with Crippen molar-refractivity contribution in [3.05, 3.63) is 31.6 Å². The van der Waals surface area contributed by atoms with Gasteiger partial charge in [-0.25, -0.2) is 4.98 Å². The van der Waals surface area contributed by atoms with Gasteiger partial charge in [-0.1, -0.05) is 0 Å². The molecule has 0 atom stereocenters. The maximum atomic E-state index is 11.6. The molecular weight excluding hydrogens is 252 g/mol. The van der Waals surface area contributed by atoms with Crippen molar-refractivity contribution in [2.24, 2.45) is 0 Å². The summed E-state index contributed by atoms with van der Waals surface area (Å²) in [5.74, 6) is 0. The van der Waals surface area contributed by atoms with Crippen LogP contribution >= 0.6 is 27.3 Å². The number of rotatable bonds is 0. The molecule has 0 saturated heterocycles. The van der Waals surface area contributed by atoms with Crippen molar-refractivity contribution in [1.29, 1.82) is 0 Å². The van der Waals surface area contributed by atoms with Crippen molar-refractivity contribution in [1.82, 2.24) is 9.38 Å². The van der Waals surface area contributed by atoms with E-state index in [0.29, 0.717) is 4.47 Å². The Morgan fingerprint density at radius 1 is 1.54 bits per heavy atom. The van der Waals surface area contributed by atoms with E-state index in [4.69, 9.17) is 0 Å². The highest BCUT2D eigenvalue weighted by Crippen LogP contribution is 2.16. The lowest BCUT2D eigenvalue weighted by molar-refractivity contribution is 1.02. The normalized spacial score (nSPS) is 11.0. The van der Waals surface area contributed by atoms with Crippen LogP contribution in [0.1, 0.15) is 10.6 Å². The second kappa shape index (κ2) is 2.92. The molecule has 0 aliphatic carbocycles. The first-order chi connectivity index (χ1) is 6.09. The Hall–Kier alpha value is -0.680.